The molecule has 0 bridgehead atoms. The molecule has 0 spiro atoms. The number of benzene rings is 2. The van der Waals surface area contributed by atoms with E-state index in [0.29, 0.717) is 0 Å². The van der Waals surface area contributed by atoms with E-state index >= 15 is 0 Å². The van der Waals surface area contributed by atoms with Crippen molar-refractivity contribution in [1.29, 1.82) is 0 Å². The molecule has 3 heteroatoms. The van der Waals surface area contributed by atoms with E-state index in [-0.39, 0.29) is 24.8 Å². The summed E-state index contributed by atoms with van der Waals surface area (Å²) in [5.41, 5.74) is 8.36. The Morgan fingerprint density at radius 3 is 1.17 bits per heavy atom. The van der Waals surface area contributed by atoms with Gasteiger partial charge in [0.15, 0.2) is 0 Å². The van der Waals surface area contributed by atoms with Gasteiger partial charge in [0.25, 0.3) is 0 Å². The molecule has 2 aliphatic rings. The van der Waals surface area contributed by atoms with Crippen molar-refractivity contribution >= 4 is 28.0 Å². The van der Waals surface area contributed by atoms with E-state index < -0.39 is 0 Å². The Balaban J connectivity index is 0.000000448. The predicted molar refractivity (Wildman–Crippen MR) is 132 cm³/mol. The Morgan fingerprint density at radius 1 is 0.633 bits per heavy atom. The molecule has 156 valence electrons. The molecule has 0 unspecified atom stereocenters. The third-order valence-corrected chi connectivity index (χ3v) is 6.26. The van der Waals surface area contributed by atoms with Crippen LogP contribution in [0.15, 0.2) is 95.1 Å². The van der Waals surface area contributed by atoms with Gasteiger partial charge in [-0.25, -0.2) is 23.3 Å². The molecular formula is C27H30Cl2Zr. The molecule has 0 fully saturated rings. The number of halogens is 2. The molecule has 0 aromatic heterocycles. The van der Waals surface area contributed by atoms with Crippen LogP contribution in [0.2, 0.25) is 0 Å². The molecule has 0 heterocycles. The van der Waals surface area contributed by atoms with Gasteiger partial charge in [-0.3, -0.25) is 12.2 Å². The van der Waals surface area contributed by atoms with Crippen molar-refractivity contribution in [3.05, 3.63) is 118 Å². The number of rotatable bonds is 2. The zero-order valence-electron chi connectivity index (χ0n) is 18.2. The minimum atomic E-state index is 0. The van der Waals surface area contributed by atoms with Crippen molar-refractivity contribution < 1.29 is 24.2 Å². The SMILES string of the molecule is CC1=C(C)C[C-]=C1.CC1=C(C)C[C-]=C1.Cl.Cl.[Zr+2]=[C](c1ccccc1)c1ccccc1. The minimum absolute atomic E-state index is 0. The van der Waals surface area contributed by atoms with Gasteiger partial charge in [0, 0.05) is 0 Å². The van der Waals surface area contributed by atoms with Crippen LogP contribution < -0.4 is 0 Å². The van der Waals surface area contributed by atoms with Gasteiger partial charge < -0.3 is 0 Å². The molecule has 4 rings (SSSR count). The Morgan fingerprint density at radius 2 is 0.967 bits per heavy atom. The fourth-order valence-electron chi connectivity index (χ4n) is 2.62. The molecule has 0 aliphatic heterocycles. The van der Waals surface area contributed by atoms with Crippen LogP contribution in [0, 0.1) is 12.2 Å². The normalized spacial score (nSPS) is 13.5. The quantitative estimate of drug-likeness (QED) is 0.357. The van der Waals surface area contributed by atoms with Gasteiger partial charge in [-0.15, -0.1) is 51.5 Å². The van der Waals surface area contributed by atoms with E-state index in [1.54, 1.807) is 0 Å². The third-order valence-electron chi connectivity index (χ3n) is 4.84. The number of hydrogen-bond donors (Lipinski definition) is 0. The summed E-state index contributed by atoms with van der Waals surface area (Å²) >= 11 is 1.46. The van der Waals surface area contributed by atoms with Gasteiger partial charge in [0.05, 0.1) is 0 Å². The van der Waals surface area contributed by atoms with Crippen molar-refractivity contribution in [3.63, 3.8) is 0 Å². The summed E-state index contributed by atoms with van der Waals surface area (Å²) < 4.78 is 1.42. The molecule has 0 saturated carbocycles. The van der Waals surface area contributed by atoms with E-state index in [1.807, 2.05) is 0 Å². The van der Waals surface area contributed by atoms with Gasteiger partial charge in [-0.05, 0) is 0 Å². The zero-order chi connectivity index (χ0) is 20.4. The van der Waals surface area contributed by atoms with Crippen molar-refractivity contribution in [2.24, 2.45) is 0 Å². The molecule has 0 N–H and O–H groups in total. The number of allylic oxidation sites excluding steroid dienone is 8. The van der Waals surface area contributed by atoms with Crippen LogP contribution in [-0.2, 0) is 24.2 Å². The van der Waals surface area contributed by atoms with Gasteiger partial charge >= 0.3 is 99.2 Å². The molecule has 0 atom stereocenters. The topological polar surface area (TPSA) is 0 Å². The van der Waals surface area contributed by atoms with Crippen LogP contribution in [0.5, 0.6) is 0 Å². The van der Waals surface area contributed by atoms with Gasteiger partial charge in [0.1, 0.15) is 0 Å². The van der Waals surface area contributed by atoms with Crippen LogP contribution >= 0.6 is 24.8 Å². The van der Waals surface area contributed by atoms with Crippen molar-refractivity contribution in [2.45, 2.75) is 40.5 Å². The van der Waals surface area contributed by atoms with Crippen molar-refractivity contribution in [1.82, 2.24) is 0 Å². The van der Waals surface area contributed by atoms with Crippen LogP contribution in [-0.4, -0.2) is 3.21 Å². The Bertz CT molecular complexity index is 829. The predicted octanol–water partition coefficient (Wildman–Crippen LogP) is 7.82. The first-order valence-electron chi connectivity index (χ1n) is 9.64. The molecule has 0 nitrogen and oxygen atoms in total. The average Bonchev–Trinajstić information content (AvgIpc) is 3.30. The second-order valence-electron chi connectivity index (χ2n) is 7.08. The zero-order valence-corrected chi connectivity index (χ0v) is 22.2. The summed E-state index contributed by atoms with van der Waals surface area (Å²) in [7, 11) is 0. The molecule has 0 amide bonds. The van der Waals surface area contributed by atoms with Crippen molar-refractivity contribution in [2.75, 3.05) is 0 Å². The fourth-order valence-corrected chi connectivity index (χ4v) is 3.44. The van der Waals surface area contributed by atoms with E-state index in [9.17, 15) is 0 Å². The molecule has 2 aliphatic carbocycles. The molecule has 2 aromatic carbocycles. The summed E-state index contributed by atoms with van der Waals surface area (Å²) in [6, 6.07) is 21.1. The van der Waals surface area contributed by atoms with Crippen molar-refractivity contribution in [3.8, 4) is 0 Å². The Hall–Kier alpha value is -1.27. The summed E-state index contributed by atoms with van der Waals surface area (Å²) in [6.07, 6.45) is 12.4. The van der Waals surface area contributed by atoms with Crippen LogP contribution in [0.1, 0.15) is 51.7 Å². The Kier molecular flexibility index (Phi) is 14.9. The first kappa shape index (κ1) is 28.7. The molecule has 0 saturated heterocycles. The van der Waals surface area contributed by atoms with E-state index in [2.05, 4.69) is 113 Å². The number of hydrogen-bond acceptors (Lipinski definition) is 0. The van der Waals surface area contributed by atoms with Crippen LogP contribution in [0.25, 0.3) is 0 Å². The maximum atomic E-state index is 3.12. The first-order chi connectivity index (χ1) is 13.5. The second kappa shape index (κ2) is 15.5. The summed E-state index contributed by atoms with van der Waals surface area (Å²) in [5.74, 6) is 0. The first-order valence-corrected chi connectivity index (χ1v) is 10.9. The average molecular weight is 517 g/mol. The summed E-state index contributed by atoms with van der Waals surface area (Å²) in [5, 5.41) is 0. The van der Waals surface area contributed by atoms with E-state index in [0.717, 1.165) is 12.8 Å². The van der Waals surface area contributed by atoms with Gasteiger partial charge in [-0.1, -0.05) is 13.8 Å². The maximum absolute atomic E-state index is 3.12. The van der Waals surface area contributed by atoms with Gasteiger partial charge in [-0.2, -0.15) is 11.1 Å². The molecule has 2 aromatic rings. The standard InChI is InChI=1S/C13H10.2C7H9.2ClH.Zr/c1-3-7-12(8-4-1)11-13-9-5-2-6-10-13;2*1-6-4-3-5-7(6)2;;;/h1-10H;2*4H,5H2,1-2H3;2*1H;/q;2*-1;;;+2. The summed E-state index contributed by atoms with van der Waals surface area (Å²) in [6.45, 7) is 8.53. The second-order valence-corrected chi connectivity index (χ2v) is 8.31. The van der Waals surface area contributed by atoms with E-state index in [4.69, 9.17) is 0 Å². The fraction of sp³-hybridized carbons (Fsp3) is 0.222. The van der Waals surface area contributed by atoms with Crippen LogP contribution in [0.4, 0.5) is 0 Å². The summed E-state index contributed by atoms with van der Waals surface area (Å²) in [4.78, 5) is 0. The monoisotopic (exact) mass is 514 g/mol. The molecule has 30 heavy (non-hydrogen) atoms. The Labute approximate surface area is 210 Å². The molecule has 0 radical (unpaired) electrons. The third kappa shape index (κ3) is 9.69. The van der Waals surface area contributed by atoms with E-state index in [1.165, 1.54) is 60.9 Å². The molecular weight excluding hydrogens is 486 g/mol. The van der Waals surface area contributed by atoms with Crippen LogP contribution in [0.3, 0.4) is 0 Å². The van der Waals surface area contributed by atoms with Gasteiger partial charge in [0.2, 0.25) is 0 Å².